The van der Waals surface area contributed by atoms with Gasteiger partial charge >= 0.3 is 5.97 Å². The second-order valence-electron chi connectivity index (χ2n) is 4.82. The van der Waals surface area contributed by atoms with Crippen LogP contribution < -0.4 is 10.6 Å². The zero-order valence-corrected chi connectivity index (χ0v) is 12.1. The van der Waals surface area contributed by atoms with Crippen molar-refractivity contribution >= 4 is 17.3 Å². The van der Waals surface area contributed by atoms with Crippen LogP contribution in [0.25, 0.3) is 0 Å². The quantitative estimate of drug-likeness (QED) is 0.674. The lowest BCUT2D eigenvalue weighted by molar-refractivity contribution is 0.0526. The maximum atomic E-state index is 11.8. The van der Waals surface area contributed by atoms with Crippen molar-refractivity contribution in [1.82, 2.24) is 0 Å². The summed E-state index contributed by atoms with van der Waals surface area (Å²) in [5.74, 6) is -0.310. The van der Waals surface area contributed by atoms with Gasteiger partial charge in [0.2, 0.25) is 0 Å². The Morgan fingerprint density at radius 2 is 2.30 bits per heavy atom. The van der Waals surface area contributed by atoms with E-state index in [2.05, 4.69) is 11.8 Å². The number of nitrogens with zero attached hydrogens (tertiary/aromatic N) is 1. The number of nitrogens with two attached hydrogens (primary N) is 1. The maximum absolute atomic E-state index is 11.8. The van der Waals surface area contributed by atoms with Crippen molar-refractivity contribution in [3.63, 3.8) is 0 Å². The molecule has 0 radical (unpaired) electrons. The van der Waals surface area contributed by atoms with Crippen LogP contribution in [0.15, 0.2) is 18.2 Å². The summed E-state index contributed by atoms with van der Waals surface area (Å²) in [6.45, 7) is 6.45. The number of anilines is 2. The molecule has 2 rings (SSSR count). The van der Waals surface area contributed by atoms with E-state index in [1.807, 2.05) is 6.07 Å². The lowest BCUT2D eigenvalue weighted by Gasteiger charge is -2.37. The topological polar surface area (TPSA) is 64.8 Å². The molecule has 1 unspecified atom stereocenters. The zero-order chi connectivity index (χ0) is 14.5. The van der Waals surface area contributed by atoms with E-state index in [4.69, 9.17) is 15.2 Å². The van der Waals surface area contributed by atoms with E-state index in [0.29, 0.717) is 37.1 Å². The molecular formula is C15H22N2O3. The van der Waals surface area contributed by atoms with Crippen LogP contribution >= 0.6 is 0 Å². The first kappa shape index (κ1) is 14.7. The van der Waals surface area contributed by atoms with E-state index in [1.165, 1.54) is 0 Å². The van der Waals surface area contributed by atoms with Crippen molar-refractivity contribution in [2.24, 2.45) is 0 Å². The predicted molar refractivity (Wildman–Crippen MR) is 79.1 cm³/mol. The Balaban J connectivity index is 2.29. The van der Waals surface area contributed by atoms with Crippen LogP contribution in [0.4, 0.5) is 11.4 Å². The van der Waals surface area contributed by atoms with Crippen molar-refractivity contribution < 1.29 is 14.3 Å². The van der Waals surface area contributed by atoms with Crippen LogP contribution in [0.1, 0.15) is 30.6 Å². The molecule has 1 saturated heterocycles. The molecule has 1 atom stereocenters. The van der Waals surface area contributed by atoms with Gasteiger partial charge < -0.3 is 20.1 Å². The summed E-state index contributed by atoms with van der Waals surface area (Å²) in [5.41, 5.74) is 8.19. The number of benzene rings is 1. The molecule has 1 fully saturated rings. The number of carbonyl (C=O) groups excluding carboxylic acids is 1. The number of hydrogen-bond acceptors (Lipinski definition) is 5. The number of carbonyl (C=O) groups is 1. The first-order valence-electron chi connectivity index (χ1n) is 7.08. The number of ether oxygens (including phenoxy) is 2. The van der Waals surface area contributed by atoms with Gasteiger partial charge in [0.25, 0.3) is 0 Å². The Hall–Kier alpha value is -1.75. The van der Waals surface area contributed by atoms with Crippen molar-refractivity contribution in [3.05, 3.63) is 23.8 Å². The highest BCUT2D eigenvalue weighted by Gasteiger charge is 2.24. The average Bonchev–Trinajstić information content (AvgIpc) is 2.48. The number of rotatable bonds is 4. The highest BCUT2D eigenvalue weighted by molar-refractivity contribution is 5.92. The molecule has 1 aliphatic rings. The average molecular weight is 278 g/mol. The molecule has 1 heterocycles. The van der Waals surface area contributed by atoms with Gasteiger partial charge in [0.05, 0.1) is 42.8 Å². The number of esters is 1. The van der Waals surface area contributed by atoms with E-state index in [-0.39, 0.29) is 5.97 Å². The summed E-state index contributed by atoms with van der Waals surface area (Å²) in [6.07, 6.45) is 0.975. The highest BCUT2D eigenvalue weighted by Crippen LogP contribution is 2.29. The van der Waals surface area contributed by atoms with Gasteiger partial charge in [0.1, 0.15) is 0 Å². The fourth-order valence-electron chi connectivity index (χ4n) is 2.44. The van der Waals surface area contributed by atoms with Gasteiger partial charge in [-0.3, -0.25) is 0 Å². The summed E-state index contributed by atoms with van der Waals surface area (Å²) in [7, 11) is 0. The molecule has 20 heavy (non-hydrogen) atoms. The number of hydrogen-bond donors (Lipinski definition) is 1. The van der Waals surface area contributed by atoms with Crippen LogP contribution in [-0.4, -0.2) is 38.4 Å². The molecule has 0 aliphatic carbocycles. The second kappa shape index (κ2) is 6.61. The molecular weight excluding hydrogens is 256 g/mol. The molecule has 0 amide bonds. The van der Waals surface area contributed by atoms with Gasteiger partial charge in [0.15, 0.2) is 0 Å². The second-order valence-corrected chi connectivity index (χ2v) is 4.82. The van der Waals surface area contributed by atoms with E-state index in [0.717, 1.165) is 18.7 Å². The summed E-state index contributed by atoms with van der Waals surface area (Å²) in [6, 6.07) is 5.59. The Morgan fingerprint density at radius 3 is 3.00 bits per heavy atom. The van der Waals surface area contributed by atoms with Crippen LogP contribution in [0.2, 0.25) is 0 Å². The molecule has 110 valence electrons. The summed E-state index contributed by atoms with van der Waals surface area (Å²) in [5, 5.41) is 0. The normalized spacial score (nSPS) is 18.9. The molecule has 0 saturated carbocycles. The minimum absolute atomic E-state index is 0.295. The van der Waals surface area contributed by atoms with Gasteiger partial charge in [0, 0.05) is 6.54 Å². The summed E-state index contributed by atoms with van der Waals surface area (Å²) in [4.78, 5) is 14.1. The molecule has 5 nitrogen and oxygen atoms in total. The first-order valence-corrected chi connectivity index (χ1v) is 7.08. The van der Waals surface area contributed by atoms with Gasteiger partial charge in [-0.25, -0.2) is 4.79 Å². The molecule has 1 aliphatic heterocycles. The Kier molecular flexibility index (Phi) is 4.84. The van der Waals surface area contributed by atoms with Crippen molar-refractivity contribution in [3.8, 4) is 0 Å². The lowest BCUT2D eigenvalue weighted by Crippen LogP contribution is -2.45. The van der Waals surface area contributed by atoms with Crippen LogP contribution in [-0.2, 0) is 9.47 Å². The molecule has 0 aromatic heterocycles. The lowest BCUT2D eigenvalue weighted by atomic mass is 10.1. The largest absolute Gasteiger partial charge is 0.462 e. The van der Waals surface area contributed by atoms with Gasteiger partial charge in [-0.05, 0) is 31.5 Å². The Labute approximate surface area is 119 Å². The Morgan fingerprint density at radius 1 is 1.50 bits per heavy atom. The molecule has 0 bridgehead atoms. The molecule has 0 spiro atoms. The maximum Gasteiger partial charge on any atom is 0.338 e. The summed E-state index contributed by atoms with van der Waals surface area (Å²) < 4.78 is 10.5. The van der Waals surface area contributed by atoms with Crippen molar-refractivity contribution in [2.45, 2.75) is 26.3 Å². The smallest absolute Gasteiger partial charge is 0.338 e. The van der Waals surface area contributed by atoms with Crippen LogP contribution in [0.5, 0.6) is 0 Å². The van der Waals surface area contributed by atoms with Gasteiger partial charge in [-0.2, -0.15) is 0 Å². The third-order valence-electron chi connectivity index (χ3n) is 3.55. The van der Waals surface area contributed by atoms with E-state index in [9.17, 15) is 4.79 Å². The first-order chi connectivity index (χ1) is 9.67. The van der Waals surface area contributed by atoms with Gasteiger partial charge in [-0.15, -0.1) is 0 Å². The third-order valence-corrected chi connectivity index (χ3v) is 3.55. The van der Waals surface area contributed by atoms with Crippen LogP contribution in [0.3, 0.4) is 0 Å². The SMILES string of the molecule is CCOC(=O)c1ccc(N)c(N2CCOCC2CC)c1. The Bertz CT molecular complexity index is 476. The van der Waals surface area contributed by atoms with Gasteiger partial charge in [-0.1, -0.05) is 6.92 Å². The van der Waals surface area contributed by atoms with Crippen LogP contribution in [0, 0.1) is 0 Å². The van der Waals surface area contributed by atoms with Crippen molar-refractivity contribution in [1.29, 1.82) is 0 Å². The predicted octanol–water partition coefficient (Wildman–Crippen LogP) is 2.06. The van der Waals surface area contributed by atoms with E-state index in [1.54, 1.807) is 19.1 Å². The molecule has 5 heteroatoms. The standard InChI is InChI=1S/C15H22N2O3/c1-3-12-10-19-8-7-17(12)14-9-11(5-6-13(14)16)15(18)20-4-2/h5-6,9,12H,3-4,7-8,10,16H2,1-2H3. The fourth-order valence-corrected chi connectivity index (χ4v) is 2.44. The molecule has 2 N–H and O–H groups in total. The van der Waals surface area contributed by atoms with E-state index >= 15 is 0 Å². The minimum Gasteiger partial charge on any atom is -0.462 e. The van der Waals surface area contributed by atoms with E-state index < -0.39 is 0 Å². The monoisotopic (exact) mass is 278 g/mol. The van der Waals surface area contributed by atoms with Crippen molar-refractivity contribution in [2.75, 3.05) is 37.0 Å². The minimum atomic E-state index is -0.310. The number of nitrogen functional groups attached to an aromatic ring is 1. The summed E-state index contributed by atoms with van der Waals surface area (Å²) >= 11 is 0. The molecule has 1 aromatic rings. The number of morpholine rings is 1. The molecule has 1 aromatic carbocycles. The fraction of sp³-hybridized carbons (Fsp3) is 0.533. The highest BCUT2D eigenvalue weighted by atomic mass is 16.5. The zero-order valence-electron chi connectivity index (χ0n) is 12.1. The third kappa shape index (κ3) is 3.04.